The van der Waals surface area contributed by atoms with E-state index in [-0.39, 0.29) is 5.91 Å². The SMILES string of the molecule is O=C(c1nnn(-c2ccccc2)c1-c1ccccn1)N1CCC2(CC1)OCCO2. The van der Waals surface area contributed by atoms with Gasteiger partial charge in [-0.25, -0.2) is 4.68 Å². The van der Waals surface area contributed by atoms with E-state index in [4.69, 9.17) is 9.47 Å². The number of nitrogens with zero attached hydrogens (tertiary/aromatic N) is 5. The van der Waals surface area contributed by atoms with E-state index in [1.54, 1.807) is 15.8 Å². The highest BCUT2D eigenvalue weighted by Gasteiger charge is 2.41. The van der Waals surface area contributed by atoms with Gasteiger partial charge < -0.3 is 14.4 Å². The first kappa shape index (κ1) is 18.0. The lowest BCUT2D eigenvalue weighted by Crippen LogP contribution is -2.47. The van der Waals surface area contributed by atoms with Crippen LogP contribution in [0.4, 0.5) is 0 Å². The summed E-state index contributed by atoms with van der Waals surface area (Å²) in [4.78, 5) is 19.6. The first-order chi connectivity index (χ1) is 14.3. The Morgan fingerprint density at radius 1 is 0.966 bits per heavy atom. The third-order valence-electron chi connectivity index (χ3n) is 5.41. The van der Waals surface area contributed by atoms with Crippen LogP contribution in [0.3, 0.4) is 0 Å². The first-order valence-corrected chi connectivity index (χ1v) is 9.75. The van der Waals surface area contributed by atoms with E-state index in [1.807, 2.05) is 48.5 Å². The van der Waals surface area contributed by atoms with Gasteiger partial charge in [-0.2, -0.15) is 0 Å². The smallest absolute Gasteiger partial charge is 0.276 e. The molecule has 0 saturated carbocycles. The number of amides is 1. The Balaban J connectivity index is 1.49. The molecule has 2 aliphatic rings. The van der Waals surface area contributed by atoms with Crippen LogP contribution < -0.4 is 0 Å². The minimum atomic E-state index is -0.526. The molecule has 2 fully saturated rings. The fraction of sp³-hybridized carbons (Fsp3) is 0.333. The van der Waals surface area contributed by atoms with Gasteiger partial charge in [0, 0.05) is 32.1 Å². The van der Waals surface area contributed by atoms with Gasteiger partial charge in [0.2, 0.25) is 0 Å². The third-order valence-corrected chi connectivity index (χ3v) is 5.41. The number of hydrogen-bond donors (Lipinski definition) is 0. The molecule has 148 valence electrons. The van der Waals surface area contributed by atoms with Gasteiger partial charge in [0.15, 0.2) is 11.5 Å². The Hall–Kier alpha value is -3.10. The molecule has 0 atom stereocenters. The lowest BCUT2D eigenvalue weighted by atomic mass is 10.0. The van der Waals surface area contributed by atoms with E-state index in [2.05, 4.69) is 15.3 Å². The van der Waals surface area contributed by atoms with Crippen molar-refractivity contribution in [2.75, 3.05) is 26.3 Å². The van der Waals surface area contributed by atoms with Crippen LogP contribution in [0, 0.1) is 0 Å². The van der Waals surface area contributed by atoms with Crippen LogP contribution in [0.15, 0.2) is 54.7 Å². The number of para-hydroxylation sites is 1. The Morgan fingerprint density at radius 3 is 2.38 bits per heavy atom. The van der Waals surface area contributed by atoms with Gasteiger partial charge in [-0.1, -0.05) is 29.5 Å². The van der Waals surface area contributed by atoms with Crippen LogP contribution in [0.1, 0.15) is 23.3 Å². The second kappa shape index (κ2) is 7.38. The van der Waals surface area contributed by atoms with Gasteiger partial charge in [0.05, 0.1) is 24.6 Å². The molecular weight excluding hydrogens is 370 g/mol. The molecule has 1 amide bonds. The molecular formula is C21H21N5O3. The number of carbonyl (C=O) groups excluding carboxylic acids is 1. The van der Waals surface area contributed by atoms with E-state index < -0.39 is 5.79 Å². The van der Waals surface area contributed by atoms with Gasteiger partial charge in [-0.3, -0.25) is 9.78 Å². The third kappa shape index (κ3) is 3.30. The molecule has 0 unspecified atom stereocenters. The molecule has 29 heavy (non-hydrogen) atoms. The van der Waals surface area contributed by atoms with Crippen LogP contribution >= 0.6 is 0 Å². The summed E-state index contributed by atoms with van der Waals surface area (Å²) in [6.45, 7) is 2.34. The van der Waals surface area contributed by atoms with E-state index in [0.29, 0.717) is 56.2 Å². The number of likely N-dealkylation sites (tertiary alicyclic amines) is 1. The molecule has 2 aliphatic heterocycles. The van der Waals surface area contributed by atoms with Gasteiger partial charge in [-0.05, 0) is 24.3 Å². The highest BCUT2D eigenvalue weighted by molar-refractivity contribution is 5.98. The molecule has 8 nitrogen and oxygen atoms in total. The zero-order valence-electron chi connectivity index (χ0n) is 15.9. The standard InChI is InChI=1S/C21H21N5O3/c27-20(25-12-9-21(10-13-25)28-14-15-29-21)18-19(17-8-4-5-11-22-17)26(24-23-18)16-6-2-1-3-7-16/h1-8,11H,9-10,12-15H2. The van der Waals surface area contributed by atoms with Crippen molar-refractivity contribution in [2.45, 2.75) is 18.6 Å². The summed E-state index contributed by atoms with van der Waals surface area (Å²) in [5.74, 6) is -0.678. The first-order valence-electron chi connectivity index (χ1n) is 9.75. The van der Waals surface area contributed by atoms with Gasteiger partial charge in [0.1, 0.15) is 5.69 Å². The fourth-order valence-corrected chi connectivity index (χ4v) is 3.89. The van der Waals surface area contributed by atoms with E-state index in [0.717, 1.165) is 5.69 Å². The number of pyridine rings is 1. The quantitative estimate of drug-likeness (QED) is 0.681. The molecule has 2 saturated heterocycles. The zero-order valence-corrected chi connectivity index (χ0v) is 15.9. The Labute approximate surface area is 168 Å². The predicted molar refractivity (Wildman–Crippen MR) is 104 cm³/mol. The molecule has 0 radical (unpaired) electrons. The maximum atomic E-state index is 13.3. The second-order valence-electron chi connectivity index (χ2n) is 7.15. The summed E-state index contributed by atoms with van der Waals surface area (Å²) in [5.41, 5.74) is 2.37. The molecule has 4 heterocycles. The minimum absolute atomic E-state index is 0.152. The zero-order chi connectivity index (χ0) is 19.7. The van der Waals surface area contributed by atoms with Gasteiger partial charge in [0.25, 0.3) is 5.91 Å². The maximum absolute atomic E-state index is 13.3. The fourth-order valence-electron chi connectivity index (χ4n) is 3.89. The van der Waals surface area contributed by atoms with Crippen LogP contribution in [-0.2, 0) is 9.47 Å². The van der Waals surface area contributed by atoms with Crippen molar-refractivity contribution in [3.63, 3.8) is 0 Å². The Morgan fingerprint density at radius 2 is 1.69 bits per heavy atom. The van der Waals surface area contributed by atoms with Gasteiger partial charge in [-0.15, -0.1) is 5.10 Å². The molecule has 1 spiro atoms. The minimum Gasteiger partial charge on any atom is -0.347 e. The molecule has 0 aliphatic carbocycles. The van der Waals surface area contributed by atoms with E-state index >= 15 is 0 Å². The molecule has 1 aromatic carbocycles. The monoisotopic (exact) mass is 391 g/mol. The molecule has 0 bridgehead atoms. The van der Waals surface area contributed by atoms with Crippen molar-refractivity contribution >= 4 is 5.91 Å². The summed E-state index contributed by atoms with van der Waals surface area (Å²) < 4.78 is 13.2. The van der Waals surface area contributed by atoms with Crippen LogP contribution in [-0.4, -0.2) is 62.9 Å². The van der Waals surface area contributed by atoms with Crippen LogP contribution in [0.25, 0.3) is 17.1 Å². The summed E-state index contributed by atoms with van der Waals surface area (Å²) >= 11 is 0. The summed E-state index contributed by atoms with van der Waals surface area (Å²) in [7, 11) is 0. The van der Waals surface area contributed by atoms with Crippen LogP contribution in [0.5, 0.6) is 0 Å². The van der Waals surface area contributed by atoms with Crippen molar-refractivity contribution in [1.82, 2.24) is 24.9 Å². The van der Waals surface area contributed by atoms with E-state index in [1.165, 1.54) is 0 Å². The number of piperidine rings is 1. The number of hydrogen-bond acceptors (Lipinski definition) is 6. The average molecular weight is 391 g/mol. The maximum Gasteiger partial charge on any atom is 0.276 e. The summed E-state index contributed by atoms with van der Waals surface area (Å²) in [5, 5.41) is 8.53. The summed E-state index contributed by atoms with van der Waals surface area (Å²) in [6.07, 6.45) is 3.01. The van der Waals surface area contributed by atoms with Crippen molar-refractivity contribution < 1.29 is 14.3 Å². The predicted octanol–water partition coefficient (Wildman–Crippen LogP) is 2.31. The highest BCUT2D eigenvalue weighted by atomic mass is 16.7. The van der Waals surface area contributed by atoms with Crippen molar-refractivity contribution in [3.05, 3.63) is 60.4 Å². The van der Waals surface area contributed by atoms with E-state index in [9.17, 15) is 4.79 Å². The highest BCUT2D eigenvalue weighted by Crippen LogP contribution is 2.32. The van der Waals surface area contributed by atoms with Crippen molar-refractivity contribution in [2.24, 2.45) is 0 Å². The lowest BCUT2D eigenvalue weighted by Gasteiger charge is -2.37. The number of rotatable bonds is 3. The molecule has 3 aromatic rings. The number of aromatic nitrogens is 4. The van der Waals surface area contributed by atoms with Gasteiger partial charge >= 0.3 is 0 Å². The van der Waals surface area contributed by atoms with Crippen molar-refractivity contribution in [3.8, 4) is 17.1 Å². The molecule has 5 rings (SSSR count). The number of carbonyl (C=O) groups is 1. The van der Waals surface area contributed by atoms with Crippen LogP contribution in [0.2, 0.25) is 0 Å². The second-order valence-corrected chi connectivity index (χ2v) is 7.15. The normalized spacial score (nSPS) is 18.3. The lowest BCUT2D eigenvalue weighted by molar-refractivity contribution is -0.181. The largest absolute Gasteiger partial charge is 0.347 e. The molecule has 8 heteroatoms. The molecule has 0 N–H and O–H groups in total. The Kier molecular flexibility index (Phi) is 4.57. The Bertz CT molecular complexity index is 990. The number of ether oxygens (including phenoxy) is 2. The topological polar surface area (TPSA) is 82.4 Å². The number of benzene rings is 1. The molecule has 2 aromatic heterocycles. The average Bonchev–Trinajstić information content (AvgIpc) is 3.43. The van der Waals surface area contributed by atoms with Crippen molar-refractivity contribution in [1.29, 1.82) is 0 Å². The summed E-state index contributed by atoms with van der Waals surface area (Å²) in [6, 6.07) is 15.2.